The number of pyridine rings is 1. The average molecular weight is 296 g/mol. The van der Waals surface area contributed by atoms with E-state index in [1.807, 2.05) is 0 Å². The first-order chi connectivity index (χ1) is 10.1. The molecule has 1 atom stereocenters. The van der Waals surface area contributed by atoms with Gasteiger partial charge in [0.1, 0.15) is 5.82 Å². The Kier molecular flexibility index (Phi) is 3.75. The average Bonchev–Trinajstić information content (AvgIpc) is 2.45. The molecule has 0 saturated carbocycles. The Hall–Kier alpha value is -1.76. The molecule has 114 valence electrons. The molecular weight excluding hydrogens is 278 g/mol. The molecule has 7 heteroatoms. The number of amides is 1. The number of aromatic nitrogens is 1. The van der Waals surface area contributed by atoms with E-state index in [1.54, 1.807) is 0 Å². The maximum absolute atomic E-state index is 12.6. The third kappa shape index (κ3) is 2.70. The number of carbonyl (C=O) groups excluding carboxylic acids is 1. The van der Waals surface area contributed by atoms with E-state index in [1.165, 1.54) is 6.07 Å². The molecule has 3 N–H and O–H groups in total. The van der Waals surface area contributed by atoms with Gasteiger partial charge >= 0.3 is 0 Å². The number of carbonyl (C=O) groups is 1. The molecule has 3 rings (SSSR count). The highest BCUT2D eigenvalue weighted by molar-refractivity contribution is 5.96. The van der Waals surface area contributed by atoms with Crippen molar-refractivity contribution in [2.75, 3.05) is 24.5 Å². The van der Waals surface area contributed by atoms with Crippen molar-refractivity contribution in [2.24, 2.45) is 5.73 Å². The van der Waals surface area contributed by atoms with Crippen LogP contribution in [-0.2, 0) is 12.8 Å². The van der Waals surface area contributed by atoms with E-state index in [0.717, 1.165) is 31.6 Å². The van der Waals surface area contributed by atoms with Gasteiger partial charge < -0.3 is 16.0 Å². The lowest BCUT2D eigenvalue weighted by molar-refractivity contribution is 0.0998. The van der Waals surface area contributed by atoms with Crippen molar-refractivity contribution < 1.29 is 13.6 Å². The molecule has 1 aromatic heterocycles. The molecule has 0 aromatic carbocycles. The minimum absolute atomic E-state index is 0.233. The van der Waals surface area contributed by atoms with Gasteiger partial charge in [-0.15, -0.1) is 0 Å². The summed E-state index contributed by atoms with van der Waals surface area (Å²) in [5.41, 5.74) is 6.80. The van der Waals surface area contributed by atoms with Crippen LogP contribution in [0.15, 0.2) is 6.07 Å². The summed E-state index contributed by atoms with van der Waals surface area (Å²) in [6.45, 7) is 2.44. The van der Waals surface area contributed by atoms with Crippen molar-refractivity contribution in [1.29, 1.82) is 0 Å². The van der Waals surface area contributed by atoms with Crippen LogP contribution < -0.4 is 16.0 Å². The maximum Gasteiger partial charge on any atom is 0.249 e. The normalized spacial score (nSPS) is 21.1. The monoisotopic (exact) mass is 296 g/mol. The summed E-state index contributed by atoms with van der Waals surface area (Å²) in [6.07, 6.45) is -1.32. The van der Waals surface area contributed by atoms with Crippen LogP contribution in [0.1, 0.15) is 28.0 Å². The molecule has 5 nitrogen and oxygen atoms in total. The third-order valence-corrected chi connectivity index (χ3v) is 4.13. The summed E-state index contributed by atoms with van der Waals surface area (Å²) < 4.78 is 25.3. The predicted octanol–water partition coefficient (Wildman–Crippen LogP) is 0.712. The quantitative estimate of drug-likeness (QED) is 0.862. The van der Waals surface area contributed by atoms with Crippen molar-refractivity contribution in [3.8, 4) is 0 Å². The van der Waals surface area contributed by atoms with Crippen LogP contribution in [0.2, 0.25) is 0 Å². The van der Waals surface area contributed by atoms with Gasteiger partial charge in [-0.1, -0.05) is 0 Å². The smallest absolute Gasteiger partial charge is 0.249 e. The first-order valence-corrected chi connectivity index (χ1v) is 7.14. The fourth-order valence-electron chi connectivity index (χ4n) is 3.19. The molecule has 1 amide bonds. The summed E-state index contributed by atoms with van der Waals surface area (Å²) in [5.74, 6) is 0.0949. The molecule has 0 bridgehead atoms. The first-order valence-electron chi connectivity index (χ1n) is 7.14. The van der Waals surface area contributed by atoms with Crippen LogP contribution >= 0.6 is 0 Å². The zero-order valence-electron chi connectivity index (χ0n) is 11.6. The summed E-state index contributed by atoms with van der Waals surface area (Å²) in [6, 6.07) is 1.73. The Labute approximate surface area is 121 Å². The molecule has 2 aliphatic rings. The molecule has 0 aliphatic carbocycles. The van der Waals surface area contributed by atoms with Gasteiger partial charge in [-0.3, -0.25) is 4.79 Å². The van der Waals surface area contributed by atoms with Crippen LogP contribution in [0.3, 0.4) is 0 Å². The number of anilines is 1. The number of piperazine rings is 1. The van der Waals surface area contributed by atoms with Gasteiger partial charge in [-0.05, 0) is 18.9 Å². The fraction of sp³-hybridized carbons (Fsp3) is 0.571. The lowest BCUT2D eigenvalue weighted by Crippen LogP contribution is -2.54. The van der Waals surface area contributed by atoms with Gasteiger partial charge in [-0.25, -0.2) is 13.8 Å². The van der Waals surface area contributed by atoms with Crippen LogP contribution in [0.5, 0.6) is 0 Å². The minimum Gasteiger partial charge on any atom is -0.366 e. The van der Waals surface area contributed by atoms with Crippen molar-refractivity contribution in [1.82, 2.24) is 10.3 Å². The van der Waals surface area contributed by atoms with Crippen molar-refractivity contribution in [3.63, 3.8) is 0 Å². The van der Waals surface area contributed by atoms with E-state index in [4.69, 9.17) is 5.73 Å². The van der Waals surface area contributed by atoms with E-state index in [2.05, 4.69) is 15.2 Å². The molecule has 1 saturated heterocycles. The number of hydrogen-bond acceptors (Lipinski definition) is 4. The standard InChI is InChI=1S/C14H18F2N4O/c15-12(16)6-8-5-11(13(17)21)10-2-1-9-7-18-3-4-20(9)14(10)19-8/h5,9,12,18H,1-4,6-7H2,(H2,17,21). The Morgan fingerprint density at radius 3 is 3.10 bits per heavy atom. The number of fused-ring (bicyclic) bond motifs is 3. The summed E-state index contributed by atoms with van der Waals surface area (Å²) >= 11 is 0. The van der Waals surface area contributed by atoms with Gasteiger partial charge in [0.25, 0.3) is 0 Å². The Balaban J connectivity index is 2.06. The lowest BCUT2D eigenvalue weighted by Gasteiger charge is -2.42. The van der Waals surface area contributed by atoms with E-state index in [-0.39, 0.29) is 5.69 Å². The predicted molar refractivity (Wildman–Crippen MR) is 74.8 cm³/mol. The number of rotatable bonds is 3. The van der Waals surface area contributed by atoms with E-state index in [9.17, 15) is 13.6 Å². The lowest BCUT2D eigenvalue weighted by atomic mass is 9.92. The SMILES string of the molecule is NC(=O)c1cc(CC(F)F)nc2c1CCC1CNCCN21. The fourth-order valence-corrected chi connectivity index (χ4v) is 3.19. The number of halogens is 2. The molecule has 3 heterocycles. The molecule has 1 fully saturated rings. The Bertz CT molecular complexity index is 564. The maximum atomic E-state index is 12.6. The van der Waals surface area contributed by atoms with Crippen molar-refractivity contribution in [3.05, 3.63) is 22.9 Å². The Morgan fingerprint density at radius 1 is 1.57 bits per heavy atom. The number of primary amides is 1. The number of hydrogen-bond donors (Lipinski definition) is 2. The zero-order valence-corrected chi connectivity index (χ0v) is 11.6. The van der Waals surface area contributed by atoms with Gasteiger partial charge in [0, 0.05) is 42.5 Å². The highest BCUT2D eigenvalue weighted by Gasteiger charge is 2.32. The number of nitrogens with two attached hydrogens (primary N) is 1. The molecule has 21 heavy (non-hydrogen) atoms. The van der Waals surface area contributed by atoms with Crippen molar-refractivity contribution in [2.45, 2.75) is 31.7 Å². The van der Waals surface area contributed by atoms with E-state index in [0.29, 0.717) is 23.8 Å². The summed E-state index contributed by atoms with van der Waals surface area (Å²) in [4.78, 5) is 18.2. The largest absolute Gasteiger partial charge is 0.366 e. The van der Waals surface area contributed by atoms with Crippen molar-refractivity contribution >= 4 is 11.7 Å². The zero-order chi connectivity index (χ0) is 15.0. The summed E-state index contributed by atoms with van der Waals surface area (Å²) in [7, 11) is 0. The topological polar surface area (TPSA) is 71.2 Å². The first kappa shape index (κ1) is 14.2. The van der Waals surface area contributed by atoms with E-state index < -0.39 is 18.8 Å². The molecule has 1 unspecified atom stereocenters. The van der Waals surface area contributed by atoms with E-state index >= 15 is 0 Å². The molecule has 1 aromatic rings. The molecule has 0 radical (unpaired) electrons. The second kappa shape index (κ2) is 5.55. The number of nitrogens with zero attached hydrogens (tertiary/aromatic N) is 2. The number of nitrogens with one attached hydrogen (secondary N) is 1. The molecule has 0 spiro atoms. The highest BCUT2D eigenvalue weighted by Crippen LogP contribution is 2.32. The van der Waals surface area contributed by atoms with Gasteiger partial charge in [0.15, 0.2) is 0 Å². The third-order valence-electron chi connectivity index (χ3n) is 4.13. The Morgan fingerprint density at radius 2 is 2.38 bits per heavy atom. The van der Waals surface area contributed by atoms with Crippen LogP contribution in [0.4, 0.5) is 14.6 Å². The van der Waals surface area contributed by atoms with Crippen LogP contribution in [0.25, 0.3) is 0 Å². The number of alkyl halides is 2. The van der Waals surface area contributed by atoms with Gasteiger partial charge in [0.2, 0.25) is 12.3 Å². The second-order valence-electron chi connectivity index (χ2n) is 5.51. The summed E-state index contributed by atoms with van der Waals surface area (Å²) in [5, 5.41) is 3.32. The minimum atomic E-state index is -2.49. The van der Waals surface area contributed by atoms with Crippen LogP contribution in [0, 0.1) is 0 Å². The highest BCUT2D eigenvalue weighted by atomic mass is 19.3. The molecule has 2 aliphatic heterocycles. The van der Waals surface area contributed by atoms with Gasteiger partial charge in [-0.2, -0.15) is 0 Å². The molecular formula is C14H18F2N4O. The van der Waals surface area contributed by atoms with Crippen LogP contribution in [-0.4, -0.2) is 43.0 Å². The second-order valence-corrected chi connectivity index (χ2v) is 5.51. The van der Waals surface area contributed by atoms with Gasteiger partial charge in [0.05, 0.1) is 6.42 Å².